The molecule has 1 N–H and O–H groups in total. The zero-order valence-electron chi connectivity index (χ0n) is 20.4. The molecule has 4 aromatic rings. The van der Waals surface area contributed by atoms with Gasteiger partial charge in [0.1, 0.15) is 18.8 Å². The van der Waals surface area contributed by atoms with E-state index in [1.54, 1.807) is 35.4 Å². The smallest absolute Gasteiger partial charge is 0.247 e. The lowest BCUT2D eigenvalue weighted by Gasteiger charge is -2.24. The van der Waals surface area contributed by atoms with Crippen molar-refractivity contribution >= 4 is 34.2 Å². The summed E-state index contributed by atoms with van der Waals surface area (Å²) in [6.07, 6.45) is 6.64. The Labute approximate surface area is 212 Å². The minimum atomic E-state index is -1.30. The van der Waals surface area contributed by atoms with Crippen LogP contribution in [0.4, 0.5) is 10.1 Å². The van der Waals surface area contributed by atoms with Gasteiger partial charge in [0.05, 0.1) is 30.8 Å². The molecule has 0 unspecified atom stereocenters. The highest BCUT2D eigenvalue weighted by molar-refractivity contribution is 6.08. The molecule has 4 heterocycles. The van der Waals surface area contributed by atoms with Crippen molar-refractivity contribution in [3.8, 4) is 11.1 Å². The summed E-state index contributed by atoms with van der Waals surface area (Å²) >= 11 is 0. The summed E-state index contributed by atoms with van der Waals surface area (Å²) in [5, 5.41) is 11.1. The quantitative estimate of drug-likeness (QED) is 0.405. The minimum Gasteiger partial charge on any atom is -0.337 e. The minimum absolute atomic E-state index is 0.0781. The lowest BCUT2D eigenvalue weighted by molar-refractivity contribution is -0.137. The van der Waals surface area contributed by atoms with Crippen molar-refractivity contribution in [1.29, 1.82) is 0 Å². The highest BCUT2D eigenvalue weighted by Gasteiger charge is 2.40. The topological polar surface area (TPSA) is 110 Å². The van der Waals surface area contributed by atoms with E-state index >= 15 is 0 Å². The summed E-state index contributed by atoms with van der Waals surface area (Å²) in [5.74, 6) is -1.01. The number of amides is 2. The van der Waals surface area contributed by atoms with Gasteiger partial charge in [-0.25, -0.2) is 4.39 Å². The van der Waals surface area contributed by atoms with Crippen LogP contribution in [0.2, 0.25) is 0 Å². The van der Waals surface area contributed by atoms with E-state index in [2.05, 4.69) is 20.5 Å². The highest BCUT2D eigenvalue weighted by atomic mass is 19.1. The van der Waals surface area contributed by atoms with E-state index in [9.17, 15) is 18.8 Å². The standard InChI is InChI=1S/C27H25FN6O3/c1-16-7-21(12-29-10-16)32-27(37)25-9-20(28)13-34(25)26(36)15-33-14-23(17(2)35)22-8-18(3-4-24(22)33)19-5-6-30-31-11-19/h3-8,10-12,14,20,25H,9,13,15H2,1-2H3,(H,32,37)/t20-,25+/m1/s1. The number of alkyl halides is 1. The Bertz CT molecular complexity index is 1500. The molecule has 0 radical (unpaired) electrons. The van der Waals surface area contributed by atoms with Gasteiger partial charge in [0.25, 0.3) is 0 Å². The maximum atomic E-state index is 14.4. The zero-order valence-corrected chi connectivity index (χ0v) is 20.4. The lowest BCUT2D eigenvalue weighted by atomic mass is 10.0. The van der Waals surface area contributed by atoms with Gasteiger partial charge in [0.15, 0.2) is 5.78 Å². The number of anilines is 1. The van der Waals surface area contributed by atoms with Crippen LogP contribution in [0.25, 0.3) is 22.0 Å². The van der Waals surface area contributed by atoms with Gasteiger partial charge in [-0.1, -0.05) is 6.07 Å². The van der Waals surface area contributed by atoms with Crippen LogP contribution < -0.4 is 5.32 Å². The van der Waals surface area contributed by atoms with Crippen LogP contribution >= 0.6 is 0 Å². The molecule has 1 aliphatic rings. The van der Waals surface area contributed by atoms with E-state index in [1.807, 2.05) is 31.2 Å². The largest absolute Gasteiger partial charge is 0.337 e. The summed E-state index contributed by atoms with van der Waals surface area (Å²) in [6.45, 7) is 3.01. The molecule has 1 aliphatic heterocycles. The van der Waals surface area contributed by atoms with E-state index in [1.165, 1.54) is 18.0 Å². The van der Waals surface area contributed by atoms with Crippen LogP contribution in [0.15, 0.2) is 61.3 Å². The molecular weight excluding hydrogens is 475 g/mol. The fourth-order valence-corrected chi connectivity index (χ4v) is 4.74. The lowest BCUT2D eigenvalue weighted by Crippen LogP contribution is -2.44. The Morgan fingerprint density at radius 2 is 1.92 bits per heavy atom. The van der Waals surface area contributed by atoms with Crippen LogP contribution in [-0.2, 0) is 16.1 Å². The fourth-order valence-electron chi connectivity index (χ4n) is 4.74. The number of halogens is 1. The second-order valence-corrected chi connectivity index (χ2v) is 9.23. The van der Waals surface area contributed by atoms with Gasteiger partial charge in [-0.15, -0.1) is 0 Å². The number of hydrogen-bond acceptors (Lipinski definition) is 6. The van der Waals surface area contributed by atoms with Crippen molar-refractivity contribution in [3.63, 3.8) is 0 Å². The third-order valence-electron chi connectivity index (χ3n) is 6.50. The van der Waals surface area contributed by atoms with E-state index in [0.29, 0.717) is 22.2 Å². The molecule has 0 spiro atoms. The van der Waals surface area contributed by atoms with Crippen molar-refractivity contribution in [2.45, 2.75) is 39.0 Å². The summed E-state index contributed by atoms with van der Waals surface area (Å²) in [6, 6.07) is 8.23. The van der Waals surface area contributed by atoms with Crippen molar-refractivity contribution < 1.29 is 18.8 Å². The third-order valence-corrected chi connectivity index (χ3v) is 6.50. The first-order valence-electron chi connectivity index (χ1n) is 11.9. The Balaban J connectivity index is 1.41. The highest BCUT2D eigenvalue weighted by Crippen LogP contribution is 2.29. The van der Waals surface area contributed by atoms with E-state index < -0.39 is 24.0 Å². The third kappa shape index (κ3) is 4.95. The normalized spacial score (nSPS) is 17.2. The molecule has 10 heteroatoms. The average Bonchev–Trinajstić information content (AvgIpc) is 3.45. The van der Waals surface area contributed by atoms with Gasteiger partial charge in [0.2, 0.25) is 11.8 Å². The number of nitrogens with one attached hydrogen (secondary N) is 1. The van der Waals surface area contributed by atoms with Gasteiger partial charge in [0, 0.05) is 40.8 Å². The Morgan fingerprint density at radius 1 is 1.08 bits per heavy atom. The number of hydrogen-bond donors (Lipinski definition) is 1. The first kappa shape index (κ1) is 24.2. The molecule has 1 aromatic carbocycles. The molecule has 2 amide bonds. The van der Waals surface area contributed by atoms with Crippen molar-refractivity contribution in [2.75, 3.05) is 11.9 Å². The molecule has 0 aliphatic carbocycles. The number of ketones is 1. The van der Waals surface area contributed by atoms with Crippen LogP contribution in [0.1, 0.15) is 29.3 Å². The van der Waals surface area contributed by atoms with Gasteiger partial charge in [-0.05, 0) is 49.2 Å². The van der Waals surface area contributed by atoms with Crippen molar-refractivity contribution in [1.82, 2.24) is 24.6 Å². The molecule has 1 saturated heterocycles. The van der Waals surface area contributed by atoms with E-state index in [0.717, 1.165) is 16.7 Å². The van der Waals surface area contributed by atoms with Crippen LogP contribution in [-0.4, -0.2) is 61.0 Å². The van der Waals surface area contributed by atoms with Crippen molar-refractivity contribution in [2.24, 2.45) is 0 Å². The number of fused-ring (bicyclic) bond motifs is 1. The molecule has 0 saturated carbocycles. The van der Waals surface area contributed by atoms with Gasteiger partial charge in [-0.3, -0.25) is 19.4 Å². The maximum Gasteiger partial charge on any atom is 0.247 e. The molecule has 3 aromatic heterocycles. The predicted octanol–water partition coefficient (Wildman–Crippen LogP) is 3.58. The number of nitrogens with zero attached hydrogens (tertiary/aromatic N) is 5. The molecule has 2 atom stereocenters. The molecule has 37 heavy (non-hydrogen) atoms. The molecular formula is C27H25FN6O3. The van der Waals surface area contributed by atoms with Crippen LogP contribution in [0.5, 0.6) is 0 Å². The monoisotopic (exact) mass is 500 g/mol. The fraction of sp³-hybridized carbons (Fsp3) is 0.259. The number of likely N-dealkylation sites (tertiary alicyclic amines) is 1. The predicted molar refractivity (Wildman–Crippen MR) is 136 cm³/mol. The van der Waals surface area contributed by atoms with E-state index in [4.69, 9.17) is 0 Å². The first-order valence-corrected chi connectivity index (χ1v) is 11.9. The average molecular weight is 501 g/mol. The Hall–Kier alpha value is -4.47. The number of aryl methyl sites for hydroxylation is 1. The summed E-state index contributed by atoms with van der Waals surface area (Å²) < 4.78 is 16.1. The molecule has 0 bridgehead atoms. The SMILES string of the molecule is CC(=O)c1cn(CC(=O)N2C[C@H](F)C[C@H]2C(=O)Nc2cncc(C)c2)c2ccc(-c3ccnnc3)cc12. The summed E-state index contributed by atoms with van der Waals surface area (Å²) in [7, 11) is 0. The molecule has 9 nitrogen and oxygen atoms in total. The number of Topliss-reactive ketones (excluding diaryl/α,β-unsaturated/α-hetero) is 1. The maximum absolute atomic E-state index is 14.4. The number of carbonyl (C=O) groups excluding carboxylic acids is 3. The van der Waals surface area contributed by atoms with Crippen LogP contribution in [0.3, 0.4) is 0 Å². The number of benzene rings is 1. The van der Waals surface area contributed by atoms with Crippen LogP contribution in [0, 0.1) is 6.92 Å². The molecule has 188 valence electrons. The number of carbonyl (C=O) groups is 3. The first-order chi connectivity index (χ1) is 17.8. The van der Waals surface area contributed by atoms with E-state index in [-0.39, 0.29) is 25.3 Å². The molecule has 5 rings (SSSR count). The summed E-state index contributed by atoms with van der Waals surface area (Å²) in [4.78, 5) is 44.0. The Kier molecular flexibility index (Phi) is 6.47. The Morgan fingerprint density at radius 3 is 2.65 bits per heavy atom. The summed E-state index contributed by atoms with van der Waals surface area (Å²) in [5.41, 5.74) is 4.21. The van der Waals surface area contributed by atoms with Gasteiger partial charge in [-0.2, -0.15) is 10.2 Å². The second-order valence-electron chi connectivity index (χ2n) is 9.23. The van der Waals surface area contributed by atoms with Gasteiger partial charge >= 0.3 is 0 Å². The number of aromatic nitrogens is 4. The zero-order chi connectivity index (χ0) is 26.1. The number of rotatable bonds is 6. The van der Waals surface area contributed by atoms with Crippen molar-refractivity contribution in [3.05, 3.63) is 72.4 Å². The molecule has 1 fully saturated rings. The second kappa shape index (κ2) is 9.88. The number of pyridine rings is 1. The van der Waals surface area contributed by atoms with Gasteiger partial charge < -0.3 is 14.8 Å².